The van der Waals surface area contributed by atoms with Crippen molar-refractivity contribution in [2.45, 2.75) is 62.6 Å². The monoisotopic (exact) mass is 635 g/mol. The Hall–Kier alpha value is -4.81. The van der Waals surface area contributed by atoms with Gasteiger partial charge in [0.2, 0.25) is 0 Å². The Morgan fingerprint density at radius 1 is 0.935 bits per heavy atom. The number of aliphatic hydroxyl groups is 1. The Kier molecular flexibility index (Phi) is 7.60. The molecule has 3 aromatic rings. The molecule has 238 valence electrons. The molecule has 0 bridgehead atoms. The van der Waals surface area contributed by atoms with Crippen LogP contribution in [0.4, 0.5) is 13.2 Å². The molecule has 4 N–H and O–H groups in total. The smallest absolute Gasteiger partial charge is 0.471 e. The maximum Gasteiger partial charge on any atom is 0.471 e. The lowest BCUT2D eigenvalue weighted by molar-refractivity contribution is -0.186. The van der Waals surface area contributed by atoms with E-state index in [1.54, 1.807) is 29.6 Å². The van der Waals surface area contributed by atoms with Gasteiger partial charge in [0.05, 0.1) is 29.4 Å². The summed E-state index contributed by atoms with van der Waals surface area (Å²) in [5.74, 6) is -5.30. The number of amides is 1. The molecule has 1 fully saturated rings. The minimum atomic E-state index is -5.28. The van der Waals surface area contributed by atoms with Gasteiger partial charge >= 0.3 is 12.1 Å². The zero-order chi connectivity index (χ0) is 33.1. The number of nitrogens with one attached hydrogen (secondary N) is 1. The van der Waals surface area contributed by atoms with Crippen LogP contribution < -0.4 is 5.32 Å². The van der Waals surface area contributed by atoms with E-state index in [0.29, 0.717) is 5.57 Å². The van der Waals surface area contributed by atoms with Gasteiger partial charge in [0.1, 0.15) is 11.5 Å². The van der Waals surface area contributed by atoms with E-state index in [4.69, 9.17) is 4.74 Å². The second-order valence-corrected chi connectivity index (χ2v) is 11.7. The van der Waals surface area contributed by atoms with Gasteiger partial charge in [0.25, 0.3) is 0 Å². The van der Waals surface area contributed by atoms with E-state index in [9.17, 15) is 47.7 Å². The molecule has 0 radical (unpaired) electrons. The second kappa shape index (κ2) is 11.2. The first-order chi connectivity index (χ1) is 21.7. The third-order valence-electron chi connectivity index (χ3n) is 9.03. The lowest BCUT2D eigenvalue weighted by Gasteiger charge is -2.46. The molecule has 3 aromatic carbocycles. The number of halogens is 3. The van der Waals surface area contributed by atoms with Gasteiger partial charge in [-0.2, -0.15) is 13.2 Å². The minimum absolute atomic E-state index is 0.00611. The van der Waals surface area contributed by atoms with Crippen LogP contribution in [0.15, 0.2) is 66.2 Å². The molecule has 0 unspecified atom stereocenters. The van der Waals surface area contributed by atoms with Gasteiger partial charge in [-0.25, -0.2) is 0 Å². The predicted octanol–water partition coefficient (Wildman–Crippen LogP) is 4.13. The number of fused-ring (bicyclic) bond motifs is 3. The lowest BCUT2D eigenvalue weighted by atomic mass is 9.75. The van der Waals surface area contributed by atoms with Crippen LogP contribution in [0.25, 0.3) is 0 Å². The van der Waals surface area contributed by atoms with Crippen LogP contribution in [0.3, 0.4) is 0 Å². The summed E-state index contributed by atoms with van der Waals surface area (Å²) in [4.78, 5) is 52.0. The van der Waals surface area contributed by atoms with Gasteiger partial charge in [-0.15, -0.1) is 0 Å². The van der Waals surface area contributed by atoms with Crippen molar-refractivity contribution in [3.05, 3.63) is 105 Å². The van der Waals surface area contributed by atoms with Gasteiger partial charge in [0, 0.05) is 27.8 Å². The summed E-state index contributed by atoms with van der Waals surface area (Å²) in [7, 11) is 0. The van der Waals surface area contributed by atoms with Crippen molar-refractivity contribution in [3.8, 4) is 11.5 Å². The topological polar surface area (TPSA) is 150 Å². The molecule has 46 heavy (non-hydrogen) atoms. The Morgan fingerprint density at radius 3 is 2.09 bits per heavy atom. The molecular formula is C34H28F3NO8. The summed E-state index contributed by atoms with van der Waals surface area (Å²) in [5, 5.41) is 35.8. The first kappa shape index (κ1) is 31.2. The van der Waals surface area contributed by atoms with Crippen LogP contribution in [-0.4, -0.2) is 68.6 Å². The molecule has 3 aliphatic rings. The van der Waals surface area contributed by atoms with Gasteiger partial charge in [0.15, 0.2) is 23.0 Å². The highest BCUT2D eigenvalue weighted by Crippen LogP contribution is 2.46. The molecule has 9 nitrogen and oxygen atoms in total. The molecule has 1 aliphatic heterocycles. The van der Waals surface area contributed by atoms with Crippen LogP contribution in [0, 0.1) is 0 Å². The quantitative estimate of drug-likeness (QED) is 0.145. The lowest BCUT2D eigenvalue weighted by Crippen LogP contribution is -2.68. The van der Waals surface area contributed by atoms with Gasteiger partial charge < -0.3 is 25.4 Å². The largest absolute Gasteiger partial charge is 0.507 e. The fraction of sp³-hybridized carbons (Fsp3) is 0.294. The number of ketones is 3. The number of Topliss-reactive ketones (excluding diaryl/α,β-unsaturated/α-hetero) is 1. The summed E-state index contributed by atoms with van der Waals surface area (Å²) in [5.41, 5.74) is -1.78. The normalized spacial score (nSPS) is 23.9. The maximum absolute atomic E-state index is 13.4. The number of phenols is 2. The number of allylic oxidation sites excluding steroid dienone is 1. The molecule has 1 heterocycles. The van der Waals surface area contributed by atoms with E-state index < -0.39 is 64.8 Å². The molecule has 12 heteroatoms. The average molecular weight is 636 g/mol. The zero-order valence-electron chi connectivity index (χ0n) is 24.4. The summed E-state index contributed by atoms with van der Waals surface area (Å²) in [6, 6.07) is 11.9. The van der Waals surface area contributed by atoms with Crippen LogP contribution in [-0.2, 0) is 22.4 Å². The molecule has 1 saturated heterocycles. The third kappa shape index (κ3) is 4.97. The Morgan fingerprint density at radius 2 is 1.50 bits per heavy atom. The second-order valence-electron chi connectivity index (χ2n) is 11.7. The average Bonchev–Trinajstić information content (AvgIpc) is 3.03. The van der Waals surface area contributed by atoms with Gasteiger partial charge in [-0.3, -0.25) is 19.2 Å². The van der Waals surface area contributed by atoms with Crippen molar-refractivity contribution in [3.63, 3.8) is 0 Å². The number of phenolic OH excluding ortho intramolecular Hbond substituents is 2. The Balaban J connectivity index is 1.29. The highest BCUT2D eigenvalue weighted by atomic mass is 19.4. The van der Waals surface area contributed by atoms with Crippen molar-refractivity contribution >= 4 is 23.3 Å². The van der Waals surface area contributed by atoms with Crippen LogP contribution in [0.2, 0.25) is 0 Å². The maximum atomic E-state index is 13.4. The van der Waals surface area contributed by atoms with Crippen LogP contribution in [0.5, 0.6) is 11.5 Å². The molecule has 4 atom stereocenters. The highest BCUT2D eigenvalue weighted by Gasteiger charge is 2.56. The fourth-order valence-electron chi connectivity index (χ4n) is 6.70. The summed E-state index contributed by atoms with van der Waals surface area (Å²) < 4.78 is 45.9. The number of hydrogen-bond acceptors (Lipinski definition) is 8. The van der Waals surface area contributed by atoms with E-state index in [0.717, 1.165) is 0 Å². The number of alkyl halides is 3. The number of carbonyl (C=O) groups is 4. The van der Waals surface area contributed by atoms with Gasteiger partial charge in [-0.1, -0.05) is 66.2 Å². The molecule has 0 spiro atoms. The number of aromatic hydroxyl groups is 2. The fourth-order valence-corrected chi connectivity index (χ4v) is 6.70. The summed E-state index contributed by atoms with van der Waals surface area (Å²) in [6.45, 7) is 1.33. The number of ether oxygens (including phenoxy) is 1. The van der Waals surface area contributed by atoms with Crippen LogP contribution in [0.1, 0.15) is 73.1 Å². The Labute approximate surface area is 260 Å². The SMILES string of the molecule is C[C@H]1O[C@@H](CC2=CCc3c(O)c4c(c(O)c3C2)C(=O)c2ccccc2C4=O)C[C@H](NC(=O)C(F)(F)F)[C@]1(O)C(=O)c1ccccc1. The minimum Gasteiger partial charge on any atom is -0.507 e. The van der Waals surface area contributed by atoms with Crippen molar-refractivity contribution in [2.24, 2.45) is 0 Å². The summed E-state index contributed by atoms with van der Waals surface area (Å²) >= 11 is 0. The highest BCUT2D eigenvalue weighted by molar-refractivity contribution is 6.30. The van der Waals surface area contributed by atoms with E-state index in [1.165, 1.54) is 43.3 Å². The zero-order valence-corrected chi connectivity index (χ0v) is 24.4. The molecule has 2 aliphatic carbocycles. The van der Waals surface area contributed by atoms with Crippen molar-refractivity contribution in [2.75, 3.05) is 0 Å². The van der Waals surface area contributed by atoms with E-state index >= 15 is 0 Å². The van der Waals surface area contributed by atoms with E-state index in [1.807, 2.05) is 0 Å². The van der Waals surface area contributed by atoms with Crippen LogP contribution >= 0.6 is 0 Å². The molecule has 1 amide bonds. The third-order valence-corrected chi connectivity index (χ3v) is 9.03. The molecule has 0 saturated carbocycles. The summed E-state index contributed by atoms with van der Waals surface area (Å²) in [6.07, 6.45) is -6.03. The van der Waals surface area contributed by atoms with Crippen molar-refractivity contribution in [1.29, 1.82) is 0 Å². The van der Waals surface area contributed by atoms with E-state index in [2.05, 4.69) is 0 Å². The molecular weight excluding hydrogens is 607 g/mol. The number of hydrogen-bond donors (Lipinski definition) is 4. The number of rotatable bonds is 5. The first-order valence-corrected chi connectivity index (χ1v) is 14.5. The van der Waals surface area contributed by atoms with Crippen molar-refractivity contribution in [1.82, 2.24) is 5.32 Å². The number of carbonyl (C=O) groups excluding carboxylic acids is 4. The molecule has 0 aromatic heterocycles. The first-order valence-electron chi connectivity index (χ1n) is 14.5. The van der Waals surface area contributed by atoms with Gasteiger partial charge in [-0.05, 0) is 32.6 Å². The standard InChI is InChI=1S/C34H28F3NO8/c1-16-33(45,31(43)18-7-3-2-4-8-18)24(38-32(44)34(35,36)37)15-19(46-16)13-17-11-12-22-23(14-17)30(42)26-25(29(22)41)27(39)20-9-5-6-10-21(20)28(26)40/h2-11,16,19,24,41-42,45H,12-15H2,1H3,(H,38,44)/t16-,19+,24+,33+/m1/s1. The molecule has 6 rings (SSSR count). The predicted molar refractivity (Wildman–Crippen MR) is 156 cm³/mol. The van der Waals surface area contributed by atoms with E-state index in [-0.39, 0.29) is 64.6 Å². The number of benzene rings is 3. The van der Waals surface area contributed by atoms with Crippen molar-refractivity contribution < 1.29 is 52.4 Å². The Bertz CT molecular complexity index is 1830.